The number of nitrogens with zero attached hydrogens (tertiary/aromatic N) is 1. The minimum Gasteiger partial charge on any atom is -0.256 e. The highest BCUT2D eigenvalue weighted by molar-refractivity contribution is 7.22. The molecule has 0 radical (unpaired) electrons. The van der Waals surface area contributed by atoms with Crippen molar-refractivity contribution >= 4 is 77.9 Å². The minimum absolute atomic E-state index is 1.15. The molecule has 3 heteroatoms. The summed E-state index contributed by atoms with van der Waals surface area (Å²) in [6, 6.07) is 18.0. The quantitative estimate of drug-likeness (QED) is 0.163. The average Bonchev–Trinajstić information content (AvgIpc) is 3.02. The van der Waals surface area contributed by atoms with Gasteiger partial charge in [-0.2, -0.15) is 0 Å². The summed E-state index contributed by atoms with van der Waals surface area (Å²) in [6.07, 6.45) is 1.99. The predicted octanol–water partition coefficient (Wildman–Crippen LogP) is 7.20. The van der Waals surface area contributed by atoms with Crippen LogP contribution >= 0.6 is 11.3 Å². The molecule has 0 saturated heterocycles. The molecule has 4 aromatic carbocycles. The van der Waals surface area contributed by atoms with Crippen LogP contribution in [0.25, 0.3) is 53.3 Å². The van der Waals surface area contributed by atoms with Crippen LogP contribution in [0, 0.1) is 6.92 Å². The normalized spacial score (nSPS) is 13.0. The van der Waals surface area contributed by atoms with E-state index in [0.29, 0.717) is 0 Å². The number of pyridine rings is 1. The lowest BCUT2D eigenvalue weighted by molar-refractivity contribution is 1.44. The van der Waals surface area contributed by atoms with E-state index in [0.717, 1.165) is 5.52 Å². The Kier molecular flexibility index (Phi) is 3.12. The molecule has 136 valence electrons. The van der Waals surface area contributed by atoms with Crippen molar-refractivity contribution in [2.45, 2.75) is 26.6 Å². The van der Waals surface area contributed by atoms with Gasteiger partial charge in [-0.15, -0.1) is 11.3 Å². The molecule has 0 unspecified atom stereocenters. The SMILES string of the molecule is Cc1sc2c([Si](C)(C)C)cc3ccnc4c5cc6ccccc6cc5c1c2c34. The standard InChI is InChI=1S/C25H21NSSi/c1-14-21-18-11-15-7-5-6-8-16(15)12-19(18)24-22-17(9-10-26-24)13-20(28(2,3)4)25(27-14)23(21)22/h5-13H,1-4H3. The summed E-state index contributed by atoms with van der Waals surface area (Å²) in [5.74, 6) is 0. The van der Waals surface area contributed by atoms with Crippen molar-refractivity contribution in [1.82, 2.24) is 4.98 Å². The summed E-state index contributed by atoms with van der Waals surface area (Å²) in [5, 5.41) is 12.4. The molecule has 0 aliphatic heterocycles. The van der Waals surface area contributed by atoms with E-state index in [1.165, 1.54) is 52.7 Å². The molecule has 0 amide bonds. The number of thiophene rings is 1. The molecule has 0 aliphatic rings. The molecular weight excluding hydrogens is 374 g/mol. The summed E-state index contributed by atoms with van der Waals surface area (Å²) >= 11 is 1.98. The van der Waals surface area contributed by atoms with Crippen LogP contribution in [0.15, 0.2) is 54.7 Å². The van der Waals surface area contributed by atoms with Gasteiger partial charge >= 0.3 is 0 Å². The smallest absolute Gasteiger partial charge is 0.0795 e. The summed E-state index contributed by atoms with van der Waals surface area (Å²) in [4.78, 5) is 6.31. The summed E-state index contributed by atoms with van der Waals surface area (Å²) < 4.78 is 1.49. The van der Waals surface area contributed by atoms with Crippen LogP contribution in [0.2, 0.25) is 19.6 Å². The molecule has 0 N–H and O–H groups in total. The molecule has 1 nitrogen and oxygen atoms in total. The van der Waals surface area contributed by atoms with Crippen molar-refractivity contribution in [3.8, 4) is 0 Å². The average molecular weight is 396 g/mol. The number of fused-ring (bicyclic) bond motifs is 4. The molecule has 6 aromatic rings. The van der Waals surface area contributed by atoms with Crippen LogP contribution in [-0.2, 0) is 0 Å². The Balaban J connectivity index is 1.99. The van der Waals surface area contributed by atoms with Gasteiger partial charge in [-0.25, -0.2) is 0 Å². The molecule has 28 heavy (non-hydrogen) atoms. The lowest BCUT2D eigenvalue weighted by Gasteiger charge is -2.20. The number of aryl methyl sites for hydroxylation is 1. The number of benzene rings is 4. The second-order valence-corrected chi connectivity index (χ2v) is 15.2. The van der Waals surface area contributed by atoms with E-state index in [4.69, 9.17) is 4.98 Å². The Morgan fingerprint density at radius 1 is 0.786 bits per heavy atom. The maximum absolute atomic E-state index is 4.89. The van der Waals surface area contributed by atoms with Crippen molar-refractivity contribution in [3.63, 3.8) is 0 Å². The molecule has 0 atom stereocenters. The third-order valence-corrected chi connectivity index (χ3v) is 9.41. The van der Waals surface area contributed by atoms with E-state index in [1.807, 2.05) is 17.5 Å². The van der Waals surface area contributed by atoms with Gasteiger partial charge in [0.05, 0.1) is 13.6 Å². The van der Waals surface area contributed by atoms with E-state index in [1.54, 1.807) is 5.19 Å². The van der Waals surface area contributed by atoms with Crippen LogP contribution < -0.4 is 5.19 Å². The Morgan fingerprint density at radius 3 is 2.21 bits per heavy atom. The third-order valence-electron chi connectivity index (χ3n) is 6.08. The molecule has 6 rings (SSSR count). The van der Waals surface area contributed by atoms with Crippen LogP contribution in [0.1, 0.15) is 4.88 Å². The molecule has 0 spiro atoms. The Morgan fingerprint density at radius 2 is 1.50 bits per heavy atom. The molecular formula is C25H21NSSi. The Bertz CT molecular complexity index is 1550. The van der Waals surface area contributed by atoms with Gasteiger partial charge in [-0.05, 0) is 51.9 Å². The second-order valence-electron chi connectivity index (χ2n) is 8.91. The van der Waals surface area contributed by atoms with Crippen molar-refractivity contribution in [2.24, 2.45) is 0 Å². The zero-order chi connectivity index (χ0) is 19.2. The molecule has 0 saturated carbocycles. The fourth-order valence-corrected chi connectivity index (χ4v) is 8.34. The van der Waals surface area contributed by atoms with E-state index in [9.17, 15) is 0 Å². The molecule has 2 heterocycles. The first-order valence-electron chi connectivity index (χ1n) is 9.82. The first-order chi connectivity index (χ1) is 13.4. The fourth-order valence-electron chi connectivity index (χ4n) is 4.78. The highest BCUT2D eigenvalue weighted by atomic mass is 32.1. The van der Waals surface area contributed by atoms with Crippen molar-refractivity contribution in [3.05, 3.63) is 59.6 Å². The lowest BCUT2D eigenvalue weighted by atomic mass is 9.93. The molecule has 0 fully saturated rings. The van der Waals surface area contributed by atoms with E-state index in [2.05, 4.69) is 75.1 Å². The lowest BCUT2D eigenvalue weighted by Crippen LogP contribution is -2.37. The molecule has 0 bridgehead atoms. The van der Waals surface area contributed by atoms with Gasteiger partial charge in [0.2, 0.25) is 0 Å². The first-order valence-corrected chi connectivity index (χ1v) is 14.1. The number of rotatable bonds is 1. The van der Waals surface area contributed by atoms with Gasteiger partial charge in [0.1, 0.15) is 0 Å². The minimum atomic E-state index is -1.46. The van der Waals surface area contributed by atoms with E-state index >= 15 is 0 Å². The fraction of sp³-hybridized carbons (Fsp3) is 0.160. The Labute approximate surface area is 169 Å². The second kappa shape index (κ2) is 5.31. The van der Waals surface area contributed by atoms with Crippen LogP contribution in [0.4, 0.5) is 0 Å². The van der Waals surface area contributed by atoms with Crippen molar-refractivity contribution < 1.29 is 0 Å². The van der Waals surface area contributed by atoms with E-state index in [-0.39, 0.29) is 0 Å². The summed E-state index contributed by atoms with van der Waals surface area (Å²) in [6.45, 7) is 9.66. The number of aromatic nitrogens is 1. The monoisotopic (exact) mass is 395 g/mol. The Hall–Kier alpha value is -2.49. The third kappa shape index (κ3) is 2.03. The van der Waals surface area contributed by atoms with Crippen molar-refractivity contribution in [2.75, 3.05) is 0 Å². The summed E-state index contributed by atoms with van der Waals surface area (Å²) in [7, 11) is -1.46. The first kappa shape index (κ1) is 16.5. The molecule has 2 aromatic heterocycles. The van der Waals surface area contributed by atoms with Gasteiger partial charge in [-0.1, -0.05) is 50.0 Å². The van der Waals surface area contributed by atoms with Gasteiger partial charge in [0, 0.05) is 37.3 Å². The van der Waals surface area contributed by atoms with Gasteiger partial charge in [0.25, 0.3) is 0 Å². The maximum Gasteiger partial charge on any atom is 0.0795 e. The highest BCUT2D eigenvalue weighted by Crippen LogP contribution is 2.45. The van der Waals surface area contributed by atoms with Gasteiger partial charge in [0.15, 0.2) is 0 Å². The maximum atomic E-state index is 4.89. The largest absolute Gasteiger partial charge is 0.256 e. The van der Waals surface area contributed by atoms with Crippen LogP contribution in [0.3, 0.4) is 0 Å². The predicted molar refractivity (Wildman–Crippen MR) is 129 cm³/mol. The van der Waals surface area contributed by atoms with Crippen molar-refractivity contribution in [1.29, 1.82) is 0 Å². The number of hydrogen-bond donors (Lipinski definition) is 0. The van der Waals surface area contributed by atoms with E-state index < -0.39 is 8.07 Å². The highest BCUT2D eigenvalue weighted by Gasteiger charge is 2.26. The molecule has 0 aliphatic carbocycles. The van der Waals surface area contributed by atoms with Gasteiger partial charge in [-0.3, -0.25) is 4.98 Å². The van der Waals surface area contributed by atoms with Crippen LogP contribution in [0.5, 0.6) is 0 Å². The number of hydrogen-bond acceptors (Lipinski definition) is 2. The zero-order valence-electron chi connectivity index (χ0n) is 16.6. The summed E-state index contributed by atoms with van der Waals surface area (Å²) in [5.41, 5.74) is 1.15. The van der Waals surface area contributed by atoms with Crippen LogP contribution in [-0.4, -0.2) is 13.1 Å². The topological polar surface area (TPSA) is 12.9 Å². The zero-order valence-corrected chi connectivity index (χ0v) is 18.4. The van der Waals surface area contributed by atoms with Gasteiger partial charge < -0.3 is 0 Å².